The van der Waals surface area contributed by atoms with Crippen LogP contribution in [0.3, 0.4) is 0 Å². The maximum atomic E-state index is 12.6. The summed E-state index contributed by atoms with van der Waals surface area (Å²) in [5.41, 5.74) is 0.135. The Hall–Kier alpha value is -1.54. The van der Waals surface area contributed by atoms with E-state index in [1.54, 1.807) is 29.6 Å². The van der Waals surface area contributed by atoms with Crippen LogP contribution in [0.1, 0.15) is 21.3 Å². The van der Waals surface area contributed by atoms with Gasteiger partial charge in [0.25, 0.3) is 0 Å². The molecule has 110 valence electrons. The number of likely N-dealkylation sites (N-methyl/N-ethyl adjacent to an activating group) is 1. The molecule has 1 aliphatic heterocycles. The smallest absolute Gasteiger partial charge is 0.244 e. The van der Waals surface area contributed by atoms with Gasteiger partial charge in [-0.15, -0.1) is 11.3 Å². The molecule has 0 amide bonds. The number of Topliss-reactive ketones (excluding diaryl/α,β-unsaturated/α-hetero) is 1. The van der Waals surface area contributed by atoms with Crippen LogP contribution in [-0.4, -0.2) is 36.7 Å². The van der Waals surface area contributed by atoms with E-state index in [2.05, 4.69) is 0 Å². The second kappa shape index (κ2) is 5.03. The second-order valence-electron chi connectivity index (χ2n) is 4.79. The lowest BCUT2D eigenvalue weighted by atomic mass is 9.98. The number of aliphatic hydroxyl groups is 1. The average Bonchev–Trinajstić information content (AvgIpc) is 3.00. The van der Waals surface area contributed by atoms with Gasteiger partial charge < -0.3 is 5.11 Å². The first-order valence-corrected chi connectivity index (χ1v) is 8.59. The molecule has 2 aromatic rings. The molecular weight excluding hydrogens is 310 g/mol. The molecule has 1 aromatic carbocycles. The van der Waals surface area contributed by atoms with E-state index in [1.165, 1.54) is 30.5 Å². The van der Waals surface area contributed by atoms with Crippen molar-refractivity contribution in [2.75, 3.05) is 7.05 Å². The fourth-order valence-corrected chi connectivity index (χ4v) is 4.74. The predicted octanol–water partition coefficient (Wildman–Crippen LogP) is 1.67. The lowest BCUT2D eigenvalue weighted by Gasteiger charge is -2.34. The second-order valence-corrected chi connectivity index (χ2v) is 7.73. The Morgan fingerprint density at radius 3 is 2.62 bits per heavy atom. The van der Waals surface area contributed by atoms with Crippen LogP contribution in [0.4, 0.5) is 0 Å². The van der Waals surface area contributed by atoms with Gasteiger partial charge in [0.15, 0.2) is 5.78 Å². The predicted molar refractivity (Wildman–Crippen MR) is 78.8 cm³/mol. The standard InChI is InChI=1S/C14H13NO4S2/c1-15-12(14(17)10-6-4-8-20-10)13(16)9-5-2-3-7-11(9)21(15,18)19/h2-8,12,14,17H,1H3. The number of thiophene rings is 1. The van der Waals surface area contributed by atoms with Crippen molar-refractivity contribution in [2.24, 2.45) is 0 Å². The summed E-state index contributed by atoms with van der Waals surface area (Å²) in [4.78, 5) is 13.1. The summed E-state index contributed by atoms with van der Waals surface area (Å²) < 4.78 is 26.0. The summed E-state index contributed by atoms with van der Waals surface area (Å²) in [7, 11) is -2.46. The number of fused-ring (bicyclic) bond motifs is 1. The molecule has 0 radical (unpaired) electrons. The highest BCUT2D eigenvalue weighted by Gasteiger charge is 2.45. The number of rotatable bonds is 2. The lowest BCUT2D eigenvalue weighted by Crippen LogP contribution is -2.50. The van der Waals surface area contributed by atoms with Crippen molar-refractivity contribution in [1.29, 1.82) is 0 Å². The fourth-order valence-electron chi connectivity index (χ4n) is 2.48. The molecule has 0 aliphatic carbocycles. The Labute approximate surface area is 126 Å². The highest BCUT2D eigenvalue weighted by Crippen LogP contribution is 2.35. The SMILES string of the molecule is CN1C(C(O)c2cccs2)C(=O)c2ccccc2S1(=O)=O. The number of benzene rings is 1. The van der Waals surface area contributed by atoms with Gasteiger partial charge in [0.05, 0.1) is 4.90 Å². The Bertz CT molecular complexity index is 783. The lowest BCUT2D eigenvalue weighted by molar-refractivity contribution is 0.0639. The van der Waals surface area contributed by atoms with Crippen molar-refractivity contribution in [2.45, 2.75) is 17.0 Å². The number of carbonyl (C=O) groups excluding carboxylic acids is 1. The average molecular weight is 323 g/mol. The zero-order chi connectivity index (χ0) is 15.2. The molecule has 7 heteroatoms. The number of hydrogen-bond donors (Lipinski definition) is 1. The van der Waals surface area contributed by atoms with Gasteiger partial charge in [-0.05, 0) is 23.6 Å². The van der Waals surface area contributed by atoms with Gasteiger partial charge in [-0.25, -0.2) is 8.42 Å². The van der Waals surface area contributed by atoms with Crippen LogP contribution in [0, 0.1) is 0 Å². The van der Waals surface area contributed by atoms with E-state index >= 15 is 0 Å². The fraction of sp³-hybridized carbons (Fsp3) is 0.214. The third kappa shape index (κ3) is 2.13. The Morgan fingerprint density at radius 1 is 1.24 bits per heavy atom. The van der Waals surface area contributed by atoms with Crippen molar-refractivity contribution in [3.8, 4) is 0 Å². The largest absolute Gasteiger partial charge is 0.385 e. The zero-order valence-electron chi connectivity index (χ0n) is 11.1. The normalized spacial score (nSPS) is 22.8. The first-order chi connectivity index (χ1) is 9.94. The minimum atomic E-state index is -3.78. The van der Waals surface area contributed by atoms with E-state index in [1.807, 2.05) is 0 Å². The first-order valence-electron chi connectivity index (χ1n) is 6.27. The number of ketones is 1. The van der Waals surface area contributed by atoms with Gasteiger partial charge in [-0.1, -0.05) is 18.2 Å². The molecule has 2 heterocycles. The Kier molecular flexibility index (Phi) is 3.45. The summed E-state index contributed by atoms with van der Waals surface area (Å²) in [6.45, 7) is 0. The van der Waals surface area contributed by atoms with Gasteiger partial charge in [0.2, 0.25) is 10.0 Å². The van der Waals surface area contributed by atoms with Crippen molar-refractivity contribution in [3.05, 3.63) is 52.2 Å². The number of carbonyl (C=O) groups is 1. The molecule has 0 saturated carbocycles. The van der Waals surface area contributed by atoms with E-state index in [0.29, 0.717) is 4.88 Å². The molecule has 1 aliphatic rings. The molecule has 5 nitrogen and oxygen atoms in total. The zero-order valence-corrected chi connectivity index (χ0v) is 12.8. The summed E-state index contributed by atoms with van der Waals surface area (Å²) >= 11 is 1.29. The highest BCUT2D eigenvalue weighted by molar-refractivity contribution is 7.89. The molecule has 21 heavy (non-hydrogen) atoms. The van der Waals surface area contributed by atoms with Crippen molar-refractivity contribution >= 4 is 27.1 Å². The van der Waals surface area contributed by atoms with Crippen LogP contribution < -0.4 is 0 Å². The number of nitrogens with zero attached hydrogens (tertiary/aromatic N) is 1. The molecule has 2 unspecified atom stereocenters. The van der Waals surface area contributed by atoms with E-state index in [0.717, 1.165) is 4.31 Å². The molecule has 0 spiro atoms. The molecular formula is C14H13NO4S2. The van der Waals surface area contributed by atoms with Crippen LogP contribution in [0.15, 0.2) is 46.7 Å². The van der Waals surface area contributed by atoms with Crippen LogP contribution >= 0.6 is 11.3 Å². The van der Waals surface area contributed by atoms with Gasteiger partial charge in [0, 0.05) is 17.5 Å². The minimum Gasteiger partial charge on any atom is -0.385 e. The maximum absolute atomic E-state index is 12.6. The molecule has 3 rings (SSSR count). The van der Waals surface area contributed by atoms with Crippen molar-refractivity contribution in [3.63, 3.8) is 0 Å². The summed E-state index contributed by atoms with van der Waals surface area (Å²) in [6, 6.07) is 8.38. The van der Waals surface area contributed by atoms with E-state index in [-0.39, 0.29) is 16.2 Å². The molecule has 1 N–H and O–H groups in total. The van der Waals surface area contributed by atoms with Gasteiger partial charge >= 0.3 is 0 Å². The Morgan fingerprint density at radius 2 is 1.95 bits per heavy atom. The molecule has 2 atom stereocenters. The highest BCUT2D eigenvalue weighted by atomic mass is 32.2. The monoisotopic (exact) mass is 323 g/mol. The summed E-state index contributed by atoms with van der Waals surface area (Å²) in [6.07, 6.45) is -1.18. The maximum Gasteiger partial charge on any atom is 0.244 e. The number of sulfonamides is 1. The van der Waals surface area contributed by atoms with Gasteiger partial charge in [-0.3, -0.25) is 4.79 Å². The topological polar surface area (TPSA) is 74.7 Å². The molecule has 0 saturated heterocycles. The van der Waals surface area contributed by atoms with Crippen LogP contribution in [0.25, 0.3) is 0 Å². The van der Waals surface area contributed by atoms with Crippen LogP contribution in [0.2, 0.25) is 0 Å². The van der Waals surface area contributed by atoms with Crippen LogP contribution in [0.5, 0.6) is 0 Å². The minimum absolute atomic E-state index is 0.00729. The first kappa shape index (κ1) is 14.4. The Balaban J connectivity index is 2.15. The molecule has 0 bridgehead atoms. The van der Waals surface area contributed by atoms with Gasteiger partial charge in [0.1, 0.15) is 12.1 Å². The number of aliphatic hydroxyl groups excluding tert-OH is 1. The van der Waals surface area contributed by atoms with E-state index < -0.39 is 22.2 Å². The molecule has 0 fully saturated rings. The summed E-state index contributed by atoms with van der Waals surface area (Å²) in [5, 5.41) is 12.2. The summed E-state index contributed by atoms with van der Waals surface area (Å²) in [5.74, 6) is -0.385. The number of hydrogen-bond acceptors (Lipinski definition) is 5. The van der Waals surface area contributed by atoms with Crippen LogP contribution in [-0.2, 0) is 10.0 Å². The van der Waals surface area contributed by atoms with Crippen molar-refractivity contribution < 1.29 is 18.3 Å². The van der Waals surface area contributed by atoms with Gasteiger partial charge in [-0.2, -0.15) is 4.31 Å². The third-order valence-electron chi connectivity index (χ3n) is 3.60. The van der Waals surface area contributed by atoms with E-state index in [9.17, 15) is 18.3 Å². The quantitative estimate of drug-likeness (QED) is 0.912. The van der Waals surface area contributed by atoms with Crippen molar-refractivity contribution in [1.82, 2.24) is 4.31 Å². The van der Waals surface area contributed by atoms with E-state index in [4.69, 9.17) is 0 Å². The third-order valence-corrected chi connectivity index (χ3v) is 6.44. The molecule has 1 aromatic heterocycles.